The lowest BCUT2D eigenvalue weighted by Gasteiger charge is -2.19. The van der Waals surface area contributed by atoms with Crippen LogP contribution in [0.5, 0.6) is 0 Å². The summed E-state index contributed by atoms with van der Waals surface area (Å²) in [4.78, 5) is 23.2. The van der Waals surface area contributed by atoms with Gasteiger partial charge in [0.2, 0.25) is 0 Å². The predicted octanol–water partition coefficient (Wildman–Crippen LogP) is 3.15. The van der Waals surface area contributed by atoms with Crippen LogP contribution in [0.3, 0.4) is 0 Å². The monoisotopic (exact) mass is 312 g/mol. The van der Waals surface area contributed by atoms with Crippen molar-refractivity contribution in [2.24, 2.45) is 0 Å². The lowest BCUT2D eigenvalue weighted by Crippen LogP contribution is -2.24. The van der Waals surface area contributed by atoms with Gasteiger partial charge >= 0.3 is 5.97 Å². The number of ketones is 1. The van der Waals surface area contributed by atoms with E-state index in [1.165, 1.54) is 0 Å². The largest absolute Gasteiger partial charge is 0.460 e. The highest BCUT2D eigenvalue weighted by Gasteiger charge is 2.16. The van der Waals surface area contributed by atoms with Crippen LogP contribution in [0.2, 0.25) is 0 Å². The van der Waals surface area contributed by atoms with Crippen LogP contribution in [0.4, 0.5) is 0 Å². The number of ether oxygens (including phenoxy) is 1. The lowest BCUT2D eigenvalue weighted by atomic mass is 10.1. The number of Topliss-reactive ketones (excluding diaryl/α,β-unsaturated/α-hetero) is 1. The highest BCUT2D eigenvalue weighted by atomic mass is 79.9. The first-order valence-corrected chi connectivity index (χ1v) is 6.84. The van der Waals surface area contributed by atoms with E-state index in [-0.39, 0.29) is 23.5 Å². The summed E-state index contributed by atoms with van der Waals surface area (Å²) in [5.74, 6) is -0.285. The molecular formula is C14H17BrO3. The SMILES string of the molecule is CC(C)(C)OC(=O)Cc1cccc(C(=O)CBr)c1. The van der Waals surface area contributed by atoms with Crippen molar-refractivity contribution in [3.8, 4) is 0 Å². The van der Waals surface area contributed by atoms with E-state index in [1.54, 1.807) is 18.2 Å². The molecule has 0 heterocycles. The van der Waals surface area contributed by atoms with Crippen molar-refractivity contribution in [2.75, 3.05) is 5.33 Å². The third kappa shape index (κ3) is 5.00. The second-order valence-electron chi connectivity index (χ2n) is 5.02. The summed E-state index contributed by atoms with van der Waals surface area (Å²) in [5, 5.41) is 0.281. The van der Waals surface area contributed by atoms with Crippen molar-refractivity contribution in [2.45, 2.75) is 32.8 Å². The molecule has 3 nitrogen and oxygen atoms in total. The van der Waals surface area contributed by atoms with Crippen LogP contribution >= 0.6 is 15.9 Å². The number of alkyl halides is 1. The van der Waals surface area contributed by atoms with Gasteiger partial charge in [-0.25, -0.2) is 0 Å². The van der Waals surface area contributed by atoms with E-state index < -0.39 is 5.60 Å². The van der Waals surface area contributed by atoms with E-state index in [2.05, 4.69) is 15.9 Å². The Hall–Kier alpha value is -1.16. The molecule has 0 radical (unpaired) electrons. The molecule has 0 spiro atoms. The molecule has 0 aliphatic rings. The molecule has 1 aromatic carbocycles. The van der Waals surface area contributed by atoms with E-state index in [9.17, 15) is 9.59 Å². The number of esters is 1. The molecule has 18 heavy (non-hydrogen) atoms. The number of halogens is 1. The van der Waals surface area contributed by atoms with Crippen LogP contribution in [0.25, 0.3) is 0 Å². The van der Waals surface area contributed by atoms with E-state index in [1.807, 2.05) is 26.8 Å². The summed E-state index contributed by atoms with van der Waals surface area (Å²) >= 11 is 3.13. The average molecular weight is 313 g/mol. The molecule has 98 valence electrons. The second-order valence-corrected chi connectivity index (χ2v) is 5.58. The topological polar surface area (TPSA) is 43.4 Å². The Labute approximate surface area is 116 Å². The Kier molecular flexibility index (Phi) is 5.08. The quantitative estimate of drug-likeness (QED) is 0.487. The normalized spacial score (nSPS) is 11.1. The highest BCUT2D eigenvalue weighted by Crippen LogP contribution is 2.12. The minimum Gasteiger partial charge on any atom is -0.460 e. The molecule has 0 unspecified atom stereocenters. The molecule has 0 saturated heterocycles. The zero-order chi connectivity index (χ0) is 13.8. The van der Waals surface area contributed by atoms with Gasteiger partial charge in [0.15, 0.2) is 5.78 Å². The Bertz CT molecular complexity index is 447. The van der Waals surface area contributed by atoms with Crippen molar-refractivity contribution in [1.29, 1.82) is 0 Å². The average Bonchev–Trinajstić information content (AvgIpc) is 2.25. The Morgan fingerprint density at radius 2 is 1.94 bits per heavy atom. The lowest BCUT2D eigenvalue weighted by molar-refractivity contribution is -0.153. The van der Waals surface area contributed by atoms with Crippen molar-refractivity contribution in [3.05, 3.63) is 35.4 Å². The van der Waals surface area contributed by atoms with Gasteiger partial charge in [0.1, 0.15) is 5.60 Å². The molecular weight excluding hydrogens is 296 g/mol. The fourth-order valence-electron chi connectivity index (χ4n) is 1.48. The van der Waals surface area contributed by atoms with Crippen molar-refractivity contribution < 1.29 is 14.3 Å². The van der Waals surface area contributed by atoms with Gasteiger partial charge in [0.25, 0.3) is 0 Å². The van der Waals surface area contributed by atoms with E-state index >= 15 is 0 Å². The zero-order valence-electron chi connectivity index (χ0n) is 10.8. The Balaban J connectivity index is 2.74. The van der Waals surface area contributed by atoms with Gasteiger partial charge in [-0.1, -0.05) is 34.1 Å². The smallest absolute Gasteiger partial charge is 0.310 e. The third-order valence-electron chi connectivity index (χ3n) is 2.14. The number of carbonyl (C=O) groups excluding carboxylic acids is 2. The van der Waals surface area contributed by atoms with E-state index in [0.29, 0.717) is 5.56 Å². The first-order valence-electron chi connectivity index (χ1n) is 5.72. The van der Waals surface area contributed by atoms with Gasteiger partial charge in [-0.15, -0.1) is 0 Å². The number of hydrogen-bond acceptors (Lipinski definition) is 3. The molecule has 0 N–H and O–H groups in total. The Morgan fingerprint density at radius 3 is 2.50 bits per heavy atom. The third-order valence-corrected chi connectivity index (χ3v) is 2.65. The molecule has 0 fully saturated rings. The fraction of sp³-hybridized carbons (Fsp3) is 0.429. The van der Waals surface area contributed by atoms with Crippen LogP contribution in [-0.2, 0) is 16.0 Å². The van der Waals surface area contributed by atoms with Crippen molar-refractivity contribution in [1.82, 2.24) is 0 Å². The number of benzene rings is 1. The van der Waals surface area contributed by atoms with Crippen LogP contribution in [-0.4, -0.2) is 22.7 Å². The van der Waals surface area contributed by atoms with Crippen LogP contribution in [0, 0.1) is 0 Å². The van der Waals surface area contributed by atoms with Gasteiger partial charge in [-0.2, -0.15) is 0 Å². The number of carbonyl (C=O) groups is 2. The van der Waals surface area contributed by atoms with Crippen molar-refractivity contribution in [3.63, 3.8) is 0 Å². The highest BCUT2D eigenvalue weighted by molar-refractivity contribution is 9.09. The summed E-state index contributed by atoms with van der Waals surface area (Å²) < 4.78 is 5.24. The van der Waals surface area contributed by atoms with Gasteiger partial charge in [-0.3, -0.25) is 9.59 Å². The fourth-order valence-corrected chi connectivity index (χ4v) is 1.80. The first kappa shape index (κ1) is 14.9. The van der Waals surface area contributed by atoms with Crippen LogP contribution < -0.4 is 0 Å². The maximum Gasteiger partial charge on any atom is 0.310 e. The number of hydrogen-bond donors (Lipinski definition) is 0. The first-order chi connectivity index (χ1) is 8.31. The summed E-state index contributed by atoms with van der Waals surface area (Å²) in [5.41, 5.74) is 0.907. The van der Waals surface area contributed by atoms with Crippen LogP contribution in [0.1, 0.15) is 36.7 Å². The van der Waals surface area contributed by atoms with Gasteiger partial charge in [0.05, 0.1) is 11.8 Å². The minimum atomic E-state index is -0.486. The van der Waals surface area contributed by atoms with E-state index in [4.69, 9.17) is 4.74 Å². The van der Waals surface area contributed by atoms with Crippen molar-refractivity contribution >= 4 is 27.7 Å². The van der Waals surface area contributed by atoms with Gasteiger partial charge < -0.3 is 4.74 Å². The molecule has 1 aromatic rings. The molecule has 4 heteroatoms. The molecule has 0 bridgehead atoms. The van der Waals surface area contributed by atoms with Gasteiger partial charge in [0, 0.05) is 5.56 Å². The summed E-state index contributed by atoms with van der Waals surface area (Å²) in [6, 6.07) is 7.06. The molecule has 0 aromatic heterocycles. The molecule has 0 saturated carbocycles. The standard InChI is InChI=1S/C14H17BrO3/c1-14(2,3)18-13(17)8-10-5-4-6-11(7-10)12(16)9-15/h4-7H,8-9H2,1-3H3. The summed E-state index contributed by atoms with van der Waals surface area (Å²) in [6.45, 7) is 5.49. The van der Waals surface area contributed by atoms with Crippen LogP contribution in [0.15, 0.2) is 24.3 Å². The summed E-state index contributed by atoms with van der Waals surface area (Å²) in [7, 11) is 0. The molecule has 0 atom stereocenters. The molecule has 0 amide bonds. The molecule has 0 aliphatic heterocycles. The maximum absolute atomic E-state index is 11.7. The predicted molar refractivity (Wildman–Crippen MR) is 74.1 cm³/mol. The molecule has 0 aliphatic carbocycles. The molecule has 1 rings (SSSR count). The Morgan fingerprint density at radius 1 is 1.28 bits per heavy atom. The zero-order valence-corrected chi connectivity index (χ0v) is 12.4. The number of rotatable bonds is 4. The minimum absolute atomic E-state index is 0.000962. The maximum atomic E-state index is 11.7. The second kappa shape index (κ2) is 6.14. The summed E-state index contributed by atoms with van der Waals surface area (Å²) in [6.07, 6.45) is 0.181. The van der Waals surface area contributed by atoms with E-state index in [0.717, 1.165) is 5.56 Å². The van der Waals surface area contributed by atoms with Gasteiger partial charge in [-0.05, 0) is 32.4 Å².